The molecule has 0 aromatic heterocycles. The van der Waals surface area contributed by atoms with E-state index in [1.54, 1.807) is 11.9 Å². The van der Waals surface area contributed by atoms with Crippen molar-refractivity contribution in [2.75, 3.05) is 39.1 Å². The Kier molecular flexibility index (Phi) is 10.9. The Morgan fingerprint density at radius 3 is 2.55 bits per heavy atom. The van der Waals surface area contributed by atoms with Crippen molar-refractivity contribution in [3.8, 4) is 0 Å². The van der Waals surface area contributed by atoms with Crippen LogP contribution < -0.4 is 5.32 Å². The highest BCUT2D eigenvalue weighted by Crippen LogP contribution is 2.25. The van der Waals surface area contributed by atoms with E-state index in [2.05, 4.69) is 23.8 Å². The first kappa shape index (κ1) is 25.3. The third kappa shape index (κ3) is 8.95. The maximum absolute atomic E-state index is 13.8. The van der Waals surface area contributed by atoms with Gasteiger partial charge in [0.15, 0.2) is 0 Å². The van der Waals surface area contributed by atoms with E-state index in [1.165, 1.54) is 25.3 Å². The summed E-state index contributed by atoms with van der Waals surface area (Å²) in [5.41, 5.74) is -0.0115. The summed E-state index contributed by atoms with van der Waals surface area (Å²) in [7, 11) is 3.83. The number of likely N-dealkylation sites (N-methyl/N-ethyl adjacent to an activating group) is 1. The molecule has 174 valence electrons. The summed E-state index contributed by atoms with van der Waals surface area (Å²) in [5, 5.41) is 2.52. The second-order valence-electron chi connectivity index (χ2n) is 8.43. The van der Waals surface area contributed by atoms with Crippen molar-refractivity contribution >= 4 is 11.7 Å². The Morgan fingerprint density at radius 2 is 1.87 bits per heavy atom. The minimum Gasteiger partial charge on any atom is -0.378 e. The number of urea groups is 1. The van der Waals surface area contributed by atoms with Gasteiger partial charge in [-0.3, -0.25) is 0 Å². The van der Waals surface area contributed by atoms with Gasteiger partial charge >= 0.3 is 6.03 Å². The Morgan fingerprint density at radius 1 is 1.16 bits per heavy atom. The van der Waals surface area contributed by atoms with E-state index in [1.807, 2.05) is 6.08 Å². The van der Waals surface area contributed by atoms with E-state index in [0.717, 1.165) is 63.9 Å². The molecule has 7 heteroatoms. The molecule has 5 nitrogen and oxygen atoms in total. The van der Waals surface area contributed by atoms with Gasteiger partial charge in [0.05, 0.1) is 11.8 Å². The second kappa shape index (κ2) is 13.4. The third-order valence-corrected chi connectivity index (χ3v) is 5.91. The van der Waals surface area contributed by atoms with Crippen LogP contribution in [0.2, 0.25) is 0 Å². The van der Waals surface area contributed by atoms with Gasteiger partial charge in [0, 0.05) is 32.3 Å². The minimum atomic E-state index is -0.775. The fourth-order valence-electron chi connectivity index (χ4n) is 3.96. The van der Waals surface area contributed by atoms with Crippen LogP contribution in [-0.4, -0.2) is 61.8 Å². The van der Waals surface area contributed by atoms with Crippen LogP contribution in [-0.2, 0) is 4.74 Å². The average Bonchev–Trinajstić information content (AvgIpc) is 2.75. The maximum Gasteiger partial charge on any atom is 0.321 e. The van der Waals surface area contributed by atoms with Crippen LogP contribution in [0.3, 0.4) is 0 Å². The molecule has 1 aromatic rings. The number of nitrogens with zero attached hydrogens (tertiary/aromatic N) is 2. The highest BCUT2D eigenvalue weighted by atomic mass is 19.1. The molecule has 1 aliphatic carbocycles. The lowest BCUT2D eigenvalue weighted by Gasteiger charge is -2.34. The van der Waals surface area contributed by atoms with Crippen LogP contribution in [0.5, 0.6) is 0 Å². The predicted octanol–water partition coefficient (Wildman–Crippen LogP) is 5.43. The molecule has 1 saturated carbocycles. The fraction of sp³-hybridized carbons (Fsp3) is 0.625. The Balaban J connectivity index is 1.59. The van der Waals surface area contributed by atoms with Crippen molar-refractivity contribution in [3.05, 3.63) is 42.5 Å². The first-order valence-corrected chi connectivity index (χ1v) is 11.3. The van der Waals surface area contributed by atoms with Crippen molar-refractivity contribution in [1.29, 1.82) is 0 Å². The summed E-state index contributed by atoms with van der Waals surface area (Å²) in [4.78, 5) is 16.3. The number of anilines is 1. The summed E-state index contributed by atoms with van der Waals surface area (Å²) >= 11 is 0. The molecule has 0 radical (unpaired) electrons. The molecule has 0 heterocycles. The van der Waals surface area contributed by atoms with E-state index in [-0.39, 0.29) is 23.9 Å². The Hall–Kier alpha value is -1.99. The van der Waals surface area contributed by atoms with Gasteiger partial charge in [0.2, 0.25) is 0 Å². The molecule has 1 N–H and O–H groups in total. The summed E-state index contributed by atoms with van der Waals surface area (Å²) in [5.74, 6) is -1.44. The first-order valence-electron chi connectivity index (χ1n) is 11.3. The minimum absolute atomic E-state index is 0.0115. The van der Waals surface area contributed by atoms with Gasteiger partial charge < -0.3 is 19.9 Å². The molecule has 0 aliphatic heterocycles. The number of ether oxygens (including phenoxy) is 1. The topological polar surface area (TPSA) is 44.8 Å². The third-order valence-electron chi connectivity index (χ3n) is 5.91. The number of carbonyl (C=O) groups excluding carboxylic acids is 1. The highest BCUT2D eigenvalue weighted by Gasteiger charge is 2.27. The van der Waals surface area contributed by atoms with E-state index in [0.29, 0.717) is 0 Å². The summed E-state index contributed by atoms with van der Waals surface area (Å²) in [6.45, 7) is 6.58. The zero-order valence-electron chi connectivity index (χ0n) is 18.9. The standard InChI is InChI=1S/C24H37F2N3O2/c1-4-15-28(2)16-7-5-6-8-17-31-21-12-10-20(11-13-21)29(3)24(30)27-23-14-9-19(25)18-22(23)26/h4,9,14,18,20-21H,1,5-8,10-13,15-17H2,2-3H3,(H,27,30). The SMILES string of the molecule is C=CCN(C)CCCCCCOC1CCC(N(C)C(=O)Nc2ccc(F)cc2F)CC1. The van der Waals surface area contributed by atoms with Gasteiger partial charge in [-0.2, -0.15) is 0 Å². The van der Waals surface area contributed by atoms with Gasteiger partial charge in [-0.1, -0.05) is 18.9 Å². The monoisotopic (exact) mass is 437 g/mol. The van der Waals surface area contributed by atoms with Crippen LogP contribution in [0.15, 0.2) is 30.9 Å². The molecule has 1 fully saturated rings. The number of hydrogen-bond acceptors (Lipinski definition) is 3. The number of unbranched alkanes of at least 4 members (excludes halogenated alkanes) is 3. The second-order valence-corrected chi connectivity index (χ2v) is 8.43. The van der Waals surface area contributed by atoms with Gasteiger partial charge in [-0.15, -0.1) is 6.58 Å². The van der Waals surface area contributed by atoms with Gasteiger partial charge in [0.25, 0.3) is 0 Å². The quantitative estimate of drug-likeness (QED) is 0.350. The van der Waals surface area contributed by atoms with E-state index < -0.39 is 11.6 Å². The van der Waals surface area contributed by atoms with Crippen molar-refractivity contribution in [2.45, 2.75) is 63.5 Å². The lowest BCUT2D eigenvalue weighted by molar-refractivity contribution is 0.0130. The molecular formula is C24H37F2N3O2. The number of benzene rings is 1. The molecule has 2 amide bonds. The molecule has 1 aliphatic rings. The van der Waals surface area contributed by atoms with Crippen LogP contribution in [0, 0.1) is 11.6 Å². The Bertz CT molecular complexity index is 693. The number of amides is 2. The van der Waals surface area contributed by atoms with E-state index in [4.69, 9.17) is 4.74 Å². The number of halogens is 2. The summed E-state index contributed by atoms with van der Waals surface area (Å²) in [6, 6.07) is 2.84. The maximum atomic E-state index is 13.8. The highest BCUT2D eigenvalue weighted by molar-refractivity contribution is 5.89. The van der Waals surface area contributed by atoms with Crippen molar-refractivity contribution in [3.63, 3.8) is 0 Å². The zero-order chi connectivity index (χ0) is 22.6. The number of rotatable bonds is 12. The molecule has 0 atom stereocenters. The van der Waals surface area contributed by atoms with Crippen LogP contribution in [0.25, 0.3) is 0 Å². The summed E-state index contributed by atoms with van der Waals surface area (Å²) < 4.78 is 32.8. The molecule has 31 heavy (non-hydrogen) atoms. The summed E-state index contributed by atoms with van der Waals surface area (Å²) in [6.07, 6.45) is 10.4. The van der Waals surface area contributed by atoms with Crippen LogP contribution in [0.1, 0.15) is 51.4 Å². The Labute approximate surface area is 185 Å². The van der Waals surface area contributed by atoms with Crippen LogP contribution >= 0.6 is 0 Å². The molecule has 0 bridgehead atoms. The lowest BCUT2D eigenvalue weighted by Crippen LogP contribution is -2.43. The van der Waals surface area contributed by atoms with Crippen molar-refractivity contribution in [2.24, 2.45) is 0 Å². The normalized spacial score (nSPS) is 18.7. The van der Waals surface area contributed by atoms with E-state index >= 15 is 0 Å². The van der Waals surface area contributed by atoms with Gasteiger partial charge in [0.1, 0.15) is 11.6 Å². The van der Waals surface area contributed by atoms with E-state index in [9.17, 15) is 13.6 Å². The average molecular weight is 438 g/mol. The van der Waals surface area contributed by atoms with Gasteiger partial charge in [-0.25, -0.2) is 13.6 Å². The molecule has 0 spiro atoms. The fourth-order valence-corrected chi connectivity index (χ4v) is 3.96. The molecular weight excluding hydrogens is 400 g/mol. The smallest absolute Gasteiger partial charge is 0.321 e. The first-order chi connectivity index (χ1) is 14.9. The van der Waals surface area contributed by atoms with Crippen molar-refractivity contribution < 1.29 is 18.3 Å². The number of nitrogens with one attached hydrogen (secondary N) is 1. The van der Waals surface area contributed by atoms with Crippen molar-refractivity contribution in [1.82, 2.24) is 9.80 Å². The largest absolute Gasteiger partial charge is 0.378 e. The zero-order valence-corrected chi connectivity index (χ0v) is 18.9. The number of carbonyl (C=O) groups is 1. The molecule has 0 unspecified atom stereocenters. The molecule has 2 rings (SSSR count). The number of hydrogen-bond donors (Lipinski definition) is 1. The van der Waals surface area contributed by atoms with Gasteiger partial charge in [-0.05, 0) is 64.3 Å². The lowest BCUT2D eigenvalue weighted by atomic mass is 9.92. The van der Waals surface area contributed by atoms with Crippen LogP contribution in [0.4, 0.5) is 19.3 Å². The molecule has 0 saturated heterocycles. The molecule has 1 aromatic carbocycles. The predicted molar refractivity (Wildman–Crippen MR) is 121 cm³/mol.